The van der Waals surface area contributed by atoms with E-state index < -0.39 is 6.36 Å². The van der Waals surface area contributed by atoms with Crippen LogP contribution in [0.15, 0.2) is 71.1 Å². The molecule has 1 aromatic heterocycles. The third-order valence-electron chi connectivity index (χ3n) is 4.99. The summed E-state index contributed by atoms with van der Waals surface area (Å²) in [6.45, 7) is 0.796. The molecule has 6 nitrogen and oxygen atoms in total. The predicted octanol–water partition coefficient (Wildman–Crippen LogP) is 6.88. The second-order valence-electron chi connectivity index (χ2n) is 7.85. The van der Waals surface area contributed by atoms with Crippen LogP contribution in [-0.2, 0) is 0 Å². The highest BCUT2D eigenvalue weighted by Crippen LogP contribution is 2.25. The molecule has 1 heterocycles. The van der Waals surface area contributed by atoms with E-state index in [1.54, 1.807) is 6.07 Å². The largest absolute Gasteiger partial charge is 0.573 e. The lowest BCUT2D eigenvalue weighted by molar-refractivity contribution is -0.274. The van der Waals surface area contributed by atoms with Crippen LogP contribution in [0.5, 0.6) is 11.5 Å². The predicted molar refractivity (Wildman–Crippen MR) is 138 cm³/mol. The van der Waals surface area contributed by atoms with Crippen molar-refractivity contribution in [3.8, 4) is 11.5 Å². The van der Waals surface area contributed by atoms with E-state index in [-0.39, 0.29) is 18.2 Å². The smallest absolute Gasteiger partial charge is 0.492 e. The summed E-state index contributed by atoms with van der Waals surface area (Å²) in [7, 11) is 3.99. The van der Waals surface area contributed by atoms with Crippen LogP contribution >= 0.6 is 12.4 Å². The Kier molecular flexibility index (Phi) is 8.71. The number of halogens is 4. The summed E-state index contributed by atoms with van der Waals surface area (Å²) in [5.41, 5.74) is 4.15. The van der Waals surface area contributed by atoms with Crippen LogP contribution in [0.4, 0.5) is 24.5 Å². The molecule has 4 rings (SSSR count). The fourth-order valence-corrected chi connectivity index (χ4v) is 3.27. The van der Waals surface area contributed by atoms with Gasteiger partial charge in [-0.1, -0.05) is 12.1 Å². The van der Waals surface area contributed by atoms with Crippen molar-refractivity contribution >= 4 is 47.0 Å². The molecule has 1 N–H and O–H groups in total. The quantitative estimate of drug-likeness (QED) is 0.243. The fourth-order valence-electron chi connectivity index (χ4n) is 3.27. The minimum absolute atomic E-state index is 0. The maximum absolute atomic E-state index is 12.2. The van der Waals surface area contributed by atoms with Crippen molar-refractivity contribution in [1.29, 1.82) is 0 Å². The number of nitrogens with zero attached hydrogens (tertiary/aromatic N) is 2. The molecule has 190 valence electrons. The summed E-state index contributed by atoms with van der Waals surface area (Å²) in [5, 5.41) is 3.08. The molecule has 0 aliphatic heterocycles. The Morgan fingerprint density at radius 3 is 2.31 bits per heavy atom. The molecular formula is C26H25ClF3N3O3. The van der Waals surface area contributed by atoms with E-state index in [1.807, 2.05) is 67.5 Å². The molecule has 0 spiro atoms. The van der Waals surface area contributed by atoms with E-state index in [1.165, 1.54) is 24.3 Å². The zero-order valence-corrected chi connectivity index (χ0v) is 20.4. The van der Waals surface area contributed by atoms with Gasteiger partial charge >= 0.3 is 6.36 Å². The third-order valence-corrected chi connectivity index (χ3v) is 4.99. The molecule has 0 atom stereocenters. The van der Waals surface area contributed by atoms with E-state index >= 15 is 0 Å². The molecule has 0 unspecified atom stereocenters. The maximum Gasteiger partial charge on any atom is 0.573 e. The highest BCUT2D eigenvalue weighted by molar-refractivity contribution is 5.85. The van der Waals surface area contributed by atoms with Gasteiger partial charge in [-0.15, -0.1) is 25.6 Å². The highest BCUT2D eigenvalue weighted by atomic mass is 35.5. The minimum atomic E-state index is -4.71. The lowest BCUT2D eigenvalue weighted by atomic mass is 10.2. The number of fused-ring (bicyclic) bond motifs is 1. The fraction of sp³-hybridized carbons (Fsp3) is 0.192. The van der Waals surface area contributed by atoms with E-state index in [0.29, 0.717) is 36.1 Å². The van der Waals surface area contributed by atoms with Crippen molar-refractivity contribution in [3.05, 3.63) is 78.2 Å². The average molecular weight is 520 g/mol. The summed E-state index contributed by atoms with van der Waals surface area (Å²) in [6.07, 6.45) is -0.947. The molecule has 10 heteroatoms. The molecule has 0 saturated heterocycles. The molecule has 0 bridgehead atoms. The minimum Gasteiger partial charge on any atom is -0.492 e. The van der Waals surface area contributed by atoms with E-state index in [9.17, 15) is 13.2 Å². The Morgan fingerprint density at radius 2 is 1.64 bits per heavy atom. The first-order valence-corrected chi connectivity index (χ1v) is 10.8. The van der Waals surface area contributed by atoms with Gasteiger partial charge in [-0.2, -0.15) is 0 Å². The van der Waals surface area contributed by atoms with Gasteiger partial charge in [0.1, 0.15) is 23.6 Å². The van der Waals surface area contributed by atoms with Crippen LogP contribution in [0.25, 0.3) is 23.3 Å². The Labute approximate surface area is 212 Å². The van der Waals surface area contributed by atoms with Crippen molar-refractivity contribution in [1.82, 2.24) is 4.98 Å². The number of hydrogen-bond donors (Lipinski definition) is 1. The molecular weight excluding hydrogens is 495 g/mol. The number of hydrogen-bond acceptors (Lipinski definition) is 6. The van der Waals surface area contributed by atoms with Crippen LogP contribution < -0.4 is 19.7 Å². The molecule has 0 aliphatic rings. The van der Waals surface area contributed by atoms with Crippen molar-refractivity contribution in [2.45, 2.75) is 6.36 Å². The van der Waals surface area contributed by atoms with Crippen molar-refractivity contribution in [2.75, 3.05) is 37.5 Å². The molecule has 3 aromatic carbocycles. The van der Waals surface area contributed by atoms with Gasteiger partial charge < -0.3 is 24.1 Å². The summed E-state index contributed by atoms with van der Waals surface area (Å²) in [4.78, 5) is 6.51. The molecule has 0 radical (unpaired) electrons. The number of benzene rings is 3. The number of alkyl halides is 3. The Balaban J connectivity index is 0.00000361. The number of oxazole rings is 1. The first-order valence-electron chi connectivity index (χ1n) is 10.8. The lowest BCUT2D eigenvalue weighted by Gasteiger charge is -2.11. The molecule has 0 amide bonds. The Morgan fingerprint density at radius 1 is 0.944 bits per heavy atom. The van der Waals surface area contributed by atoms with Gasteiger partial charge in [0.2, 0.25) is 5.89 Å². The molecule has 0 aliphatic carbocycles. The van der Waals surface area contributed by atoms with Gasteiger partial charge in [0.05, 0.1) is 0 Å². The normalized spacial score (nSPS) is 11.4. The van der Waals surface area contributed by atoms with Crippen LogP contribution in [0.3, 0.4) is 0 Å². The van der Waals surface area contributed by atoms with Gasteiger partial charge in [-0.3, -0.25) is 0 Å². The Bertz CT molecular complexity index is 1290. The number of aromatic nitrogens is 1. The first kappa shape index (κ1) is 26.7. The molecule has 0 saturated carbocycles. The van der Waals surface area contributed by atoms with Crippen LogP contribution in [0, 0.1) is 0 Å². The summed E-state index contributed by atoms with van der Waals surface area (Å²) >= 11 is 0. The highest BCUT2D eigenvalue weighted by Gasteiger charge is 2.30. The molecule has 0 fully saturated rings. The second-order valence-corrected chi connectivity index (χ2v) is 7.85. The van der Waals surface area contributed by atoms with Crippen molar-refractivity contribution in [3.63, 3.8) is 0 Å². The summed E-state index contributed by atoms with van der Waals surface area (Å²) in [5.74, 6) is 0.851. The number of nitrogens with one attached hydrogen (secondary N) is 1. The van der Waals surface area contributed by atoms with Crippen LogP contribution in [0.1, 0.15) is 11.5 Å². The zero-order valence-electron chi connectivity index (χ0n) is 19.6. The topological polar surface area (TPSA) is 59.8 Å². The number of anilines is 2. The van der Waals surface area contributed by atoms with Crippen LogP contribution in [0.2, 0.25) is 0 Å². The van der Waals surface area contributed by atoms with Gasteiger partial charge in [0, 0.05) is 44.2 Å². The van der Waals surface area contributed by atoms with Gasteiger partial charge in [0.15, 0.2) is 5.58 Å². The third kappa shape index (κ3) is 7.58. The number of ether oxygens (including phenoxy) is 2. The first-order chi connectivity index (χ1) is 16.7. The number of rotatable bonds is 9. The molecule has 36 heavy (non-hydrogen) atoms. The van der Waals surface area contributed by atoms with Crippen LogP contribution in [-0.4, -0.2) is 38.6 Å². The summed E-state index contributed by atoms with van der Waals surface area (Å²) in [6, 6.07) is 19.1. The van der Waals surface area contributed by atoms with Crippen molar-refractivity contribution < 1.29 is 27.1 Å². The Hall–Kier alpha value is -3.85. The summed E-state index contributed by atoms with van der Waals surface area (Å²) < 4.78 is 52.1. The SMILES string of the molecule is CN(C)c1ccc(/C=C/c2nc3ccc(OCCNc4ccc(OC(F)(F)F)cc4)cc3o2)cc1.Cl. The monoisotopic (exact) mass is 519 g/mol. The lowest BCUT2D eigenvalue weighted by Crippen LogP contribution is -2.17. The second kappa shape index (κ2) is 11.7. The maximum atomic E-state index is 12.2. The van der Waals surface area contributed by atoms with Gasteiger partial charge in [-0.25, -0.2) is 4.98 Å². The van der Waals surface area contributed by atoms with E-state index in [4.69, 9.17) is 9.15 Å². The van der Waals surface area contributed by atoms with Crippen molar-refractivity contribution in [2.24, 2.45) is 0 Å². The standard InChI is InChI=1S/C26H24F3N3O3.ClH/c1-32(2)20-8-3-18(4-9-20)5-14-25-31-23-13-12-22(17-24(23)34-25)33-16-15-30-19-6-10-21(11-7-19)35-26(27,28)29;/h3-14,17,30H,15-16H2,1-2H3;1H/b14-5+;. The average Bonchev–Trinajstić information content (AvgIpc) is 3.23. The van der Waals surface area contributed by atoms with Gasteiger partial charge in [0.25, 0.3) is 0 Å². The molecule has 4 aromatic rings. The van der Waals surface area contributed by atoms with Gasteiger partial charge in [-0.05, 0) is 60.2 Å². The zero-order chi connectivity index (χ0) is 24.8. The van der Waals surface area contributed by atoms with E-state index in [0.717, 1.165) is 16.8 Å². The van der Waals surface area contributed by atoms with E-state index in [2.05, 4.69) is 15.0 Å².